The topological polar surface area (TPSA) is 55.4 Å². The summed E-state index contributed by atoms with van der Waals surface area (Å²) in [6.07, 6.45) is 0. The Morgan fingerprint density at radius 1 is 0.958 bits per heavy atom. The van der Waals surface area contributed by atoms with Gasteiger partial charge in [0.2, 0.25) is 5.78 Å². The normalized spacial score (nSPS) is 11.5. The van der Waals surface area contributed by atoms with E-state index in [0.717, 1.165) is 16.8 Å². The smallest absolute Gasteiger partial charge is 0.343 e. The third-order valence-corrected chi connectivity index (χ3v) is 3.87. The summed E-state index contributed by atoms with van der Waals surface area (Å²) in [5.74, 6) is -1.01. The molecule has 0 heterocycles. The number of carbonyl (C=O) groups is 2. The second-order valence-electron chi connectivity index (χ2n) is 5.61. The van der Waals surface area contributed by atoms with Gasteiger partial charge in [0.1, 0.15) is 5.57 Å². The number of anilines is 1. The number of allylic oxidation sites excluding steroid dienone is 1. The Balaban J connectivity index is 2.43. The van der Waals surface area contributed by atoms with E-state index in [-0.39, 0.29) is 11.4 Å². The molecule has 0 radical (unpaired) electrons. The summed E-state index contributed by atoms with van der Waals surface area (Å²) >= 11 is 0. The second-order valence-corrected chi connectivity index (χ2v) is 5.61. The summed E-state index contributed by atoms with van der Waals surface area (Å²) in [6, 6.07) is 14.7. The van der Waals surface area contributed by atoms with Crippen molar-refractivity contribution in [3.8, 4) is 0 Å². The average molecular weight is 323 g/mol. The quantitative estimate of drug-likeness (QED) is 0.296. The van der Waals surface area contributed by atoms with Crippen LogP contribution in [0.5, 0.6) is 0 Å². The number of benzene rings is 2. The highest BCUT2D eigenvalue weighted by molar-refractivity contribution is 6.24. The summed E-state index contributed by atoms with van der Waals surface area (Å²) < 4.78 is 4.81. The first kappa shape index (κ1) is 17.5. The van der Waals surface area contributed by atoms with Gasteiger partial charge in [0, 0.05) is 16.9 Å². The number of para-hydroxylation sites is 1. The molecular weight excluding hydrogens is 302 g/mol. The minimum absolute atomic E-state index is 0.00426. The van der Waals surface area contributed by atoms with E-state index in [1.165, 1.54) is 7.11 Å². The van der Waals surface area contributed by atoms with Gasteiger partial charge < -0.3 is 10.1 Å². The molecule has 4 heteroatoms. The standard InChI is InChI=1S/C20H21NO3/c1-13-10-11-16(12-14(13)2)19(22)18(20(23)24-4)15(3)21-17-8-6-5-7-9-17/h5-12,21H,1-4H3. The van der Waals surface area contributed by atoms with Crippen LogP contribution in [0.1, 0.15) is 28.4 Å². The molecule has 2 aromatic rings. The Labute approximate surface area is 142 Å². The highest BCUT2D eigenvalue weighted by Crippen LogP contribution is 2.19. The van der Waals surface area contributed by atoms with Crippen LogP contribution in [-0.2, 0) is 9.53 Å². The lowest BCUT2D eigenvalue weighted by Gasteiger charge is -2.13. The maximum atomic E-state index is 12.8. The van der Waals surface area contributed by atoms with Crippen molar-refractivity contribution in [3.05, 3.63) is 76.5 Å². The first-order valence-corrected chi connectivity index (χ1v) is 7.67. The molecular formula is C20H21NO3. The molecule has 124 valence electrons. The molecule has 0 atom stereocenters. The Morgan fingerprint density at radius 2 is 1.62 bits per heavy atom. The minimum atomic E-state index is -0.654. The van der Waals surface area contributed by atoms with Crippen LogP contribution in [0.15, 0.2) is 59.8 Å². The van der Waals surface area contributed by atoms with Crippen LogP contribution in [-0.4, -0.2) is 18.9 Å². The van der Waals surface area contributed by atoms with Crippen molar-refractivity contribution < 1.29 is 14.3 Å². The number of carbonyl (C=O) groups excluding carboxylic acids is 2. The van der Waals surface area contributed by atoms with E-state index in [1.54, 1.807) is 19.1 Å². The molecule has 2 aromatic carbocycles. The lowest BCUT2D eigenvalue weighted by Crippen LogP contribution is -2.19. The molecule has 2 rings (SSSR count). The summed E-state index contributed by atoms with van der Waals surface area (Å²) in [4.78, 5) is 25.0. The van der Waals surface area contributed by atoms with Crippen molar-refractivity contribution in [3.63, 3.8) is 0 Å². The van der Waals surface area contributed by atoms with Crippen LogP contribution in [0.4, 0.5) is 5.69 Å². The van der Waals surface area contributed by atoms with E-state index < -0.39 is 5.97 Å². The molecule has 0 aliphatic carbocycles. The number of methoxy groups -OCH3 is 1. The zero-order valence-electron chi connectivity index (χ0n) is 14.3. The molecule has 4 nitrogen and oxygen atoms in total. The number of rotatable bonds is 5. The van der Waals surface area contributed by atoms with E-state index in [4.69, 9.17) is 4.74 Å². The van der Waals surface area contributed by atoms with Crippen molar-refractivity contribution in [2.24, 2.45) is 0 Å². The second kappa shape index (κ2) is 7.59. The molecule has 0 fully saturated rings. The fourth-order valence-electron chi connectivity index (χ4n) is 2.35. The predicted octanol–water partition coefficient (Wildman–Crippen LogP) is 4.05. The maximum absolute atomic E-state index is 12.8. The van der Waals surface area contributed by atoms with Gasteiger partial charge in [0.05, 0.1) is 7.11 Å². The van der Waals surface area contributed by atoms with Gasteiger partial charge in [-0.1, -0.05) is 30.3 Å². The van der Waals surface area contributed by atoms with Gasteiger partial charge in [0.25, 0.3) is 0 Å². The molecule has 0 aliphatic heterocycles. The van der Waals surface area contributed by atoms with Crippen LogP contribution in [0, 0.1) is 13.8 Å². The third kappa shape index (κ3) is 3.90. The highest BCUT2D eigenvalue weighted by atomic mass is 16.5. The number of aryl methyl sites for hydroxylation is 2. The van der Waals surface area contributed by atoms with Crippen molar-refractivity contribution in [2.75, 3.05) is 12.4 Å². The number of hydrogen-bond acceptors (Lipinski definition) is 4. The zero-order valence-corrected chi connectivity index (χ0v) is 14.3. The molecule has 1 N–H and O–H groups in total. The first-order chi connectivity index (χ1) is 11.4. The molecule has 0 saturated carbocycles. The fourth-order valence-corrected chi connectivity index (χ4v) is 2.35. The van der Waals surface area contributed by atoms with Crippen molar-refractivity contribution in [2.45, 2.75) is 20.8 Å². The Morgan fingerprint density at radius 3 is 2.21 bits per heavy atom. The zero-order chi connectivity index (χ0) is 17.7. The number of hydrogen-bond donors (Lipinski definition) is 1. The van der Waals surface area contributed by atoms with E-state index in [9.17, 15) is 9.59 Å². The SMILES string of the molecule is COC(=O)C(C(=O)c1ccc(C)c(C)c1)=C(C)Nc1ccccc1. The number of nitrogens with one attached hydrogen (secondary N) is 1. The summed E-state index contributed by atoms with van der Waals surface area (Å²) in [5.41, 5.74) is 3.81. The van der Waals surface area contributed by atoms with Gasteiger partial charge in [0.15, 0.2) is 0 Å². The van der Waals surface area contributed by atoms with Gasteiger partial charge in [-0.15, -0.1) is 0 Å². The number of esters is 1. The van der Waals surface area contributed by atoms with Crippen molar-refractivity contribution >= 4 is 17.4 Å². The van der Waals surface area contributed by atoms with E-state index >= 15 is 0 Å². The predicted molar refractivity (Wildman–Crippen MR) is 95.0 cm³/mol. The third-order valence-electron chi connectivity index (χ3n) is 3.87. The molecule has 24 heavy (non-hydrogen) atoms. The highest BCUT2D eigenvalue weighted by Gasteiger charge is 2.24. The Hall–Kier alpha value is -2.88. The molecule has 0 spiro atoms. The Kier molecular flexibility index (Phi) is 5.53. The molecule has 0 bridgehead atoms. The van der Waals surface area contributed by atoms with Crippen molar-refractivity contribution in [1.29, 1.82) is 0 Å². The van der Waals surface area contributed by atoms with Crippen LogP contribution >= 0.6 is 0 Å². The maximum Gasteiger partial charge on any atom is 0.343 e. The van der Waals surface area contributed by atoms with Crippen LogP contribution in [0.25, 0.3) is 0 Å². The number of ether oxygens (including phenoxy) is 1. The van der Waals surface area contributed by atoms with Crippen LogP contribution < -0.4 is 5.32 Å². The molecule has 0 unspecified atom stereocenters. The van der Waals surface area contributed by atoms with E-state index in [0.29, 0.717) is 11.3 Å². The van der Waals surface area contributed by atoms with Gasteiger partial charge >= 0.3 is 5.97 Å². The summed E-state index contributed by atoms with van der Waals surface area (Å²) in [5, 5.41) is 3.09. The molecule has 0 amide bonds. The monoisotopic (exact) mass is 323 g/mol. The lowest BCUT2D eigenvalue weighted by molar-refractivity contribution is -0.135. The first-order valence-electron chi connectivity index (χ1n) is 7.67. The van der Waals surface area contributed by atoms with E-state index in [1.807, 2.05) is 50.2 Å². The average Bonchev–Trinajstić information content (AvgIpc) is 2.58. The Bertz CT molecular complexity index is 792. The largest absolute Gasteiger partial charge is 0.465 e. The van der Waals surface area contributed by atoms with Gasteiger partial charge in [-0.3, -0.25) is 4.79 Å². The molecule has 0 aromatic heterocycles. The lowest BCUT2D eigenvalue weighted by atomic mass is 9.98. The van der Waals surface area contributed by atoms with Gasteiger partial charge in [-0.25, -0.2) is 4.79 Å². The van der Waals surface area contributed by atoms with Gasteiger partial charge in [-0.05, 0) is 50.1 Å². The number of ketones is 1. The minimum Gasteiger partial charge on any atom is -0.465 e. The number of Topliss-reactive ketones (excluding diaryl/α,β-unsaturated/α-hetero) is 1. The molecule has 0 aliphatic rings. The van der Waals surface area contributed by atoms with Gasteiger partial charge in [-0.2, -0.15) is 0 Å². The van der Waals surface area contributed by atoms with E-state index in [2.05, 4.69) is 5.32 Å². The molecule has 0 saturated heterocycles. The fraction of sp³-hybridized carbons (Fsp3) is 0.200. The summed E-state index contributed by atoms with van der Waals surface area (Å²) in [6.45, 7) is 5.60. The van der Waals surface area contributed by atoms with Crippen LogP contribution in [0.3, 0.4) is 0 Å². The van der Waals surface area contributed by atoms with Crippen LogP contribution in [0.2, 0.25) is 0 Å². The summed E-state index contributed by atoms with van der Waals surface area (Å²) in [7, 11) is 1.27. The van der Waals surface area contributed by atoms with Crippen molar-refractivity contribution in [1.82, 2.24) is 0 Å².